The summed E-state index contributed by atoms with van der Waals surface area (Å²) in [6.45, 7) is 3.48. The molecular formula is C27H26N6O3. The van der Waals surface area contributed by atoms with Crippen LogP contribution in [-0.4, -0.2) is 62.2 Å². The van der Waals surface area contributed by atoms with Gasteiger partial charge in [-0.05, 0) is 31.2 Å². The molecule has 1 saturated heterocycles. The zero-order valence-corrected chi connectivity index (χ0v) is 20.1. The molecule has 182 valence electrons. The largest absolute Gasteiger partial charge is 0.480 e. The lowest BCUT2D eigenvalue weighted by atomic mass is 10.1. The zero-order chi connectivity index (χ0) is 24.6. The smallest absolute Gasteiger partial charge is 0.243 e. The van der Waals surface area contributed by atoms with Crippen LogP contribution in [0.2, 0.25) is 0 Å². The Morgan fingerprint density at radius 1 is 1.14 bits per heavy atom. The first-order valence-corrected chi connectivity index (χ1v) is 11.9. The molecule has 3 aromatic heterocycles. The number of fused-ring (bicyclic) bond motifs is 2. The van der Waals surface area contributed by atoms with Crippen LogP contribution >= 0.6 is 0 Å². The van der Waals surface area contributed by atoms with Crippen LogP contribution in [-0.2, 0) is 16.1 Å². The lowest BCUT2D eigenvalue weighted by Crippen LogP contribution is -2.45. The van der Waals surface area contributed by atoms with E-state index in [-0.39, 0.29) is 18.5 Å². The second-order valence-electron chi connectivity index (χ2n) is 8.83. The van der Waals surface area contributed by atoms with E-state index in [1.54, 1.807) is 13.3 Å². The third-order valence-corrected chi connectivity index (χ3v) is 6.67. The number of amides is 1. The number of aromatic amines is 1. The lowest BCUT2D eigenvalue weighted by Gasteiger charge is -2.34. The monoisotopic (exact) mass is 482 g/mol. The maximum absolute atomic E-state index is 13.5. The highest BCUT2D eigenvalue weighted by atomic mass is 16.5. The number of carbonyl (C=O) groups excluding carboxylic acids is 1. The number of para-hydroxylation sites is 3. The zero-order valence-electron chi connectivity index (χ0n) is 20.1. The molecule has 9 nitrogen and oxygen atoms in total. The summed E-state index contributed by atoms with van der Waals surface area (Å²) in [6, 6.07) is 17.5. The summed E-state index contributed by atoms with van der Waals surface area (Å²) in [4.78, 5) is 32.6. The molecule has 4 heterocycles. The van der Waals surface area contributed by atoms with Gasteiger partial charge in [-0.15, -0.1) is 0 Å². The quantitative estimate of drug-likeness (QED) is 0.408. The maximum Gasteiger partial charge on any atom is 0.243 e. The normalized spacial score (nSPS) is 16.1. The molecule has 0 saturated carbocycles. The van der Waals surface area contributed by atoms with Gasteiger partial charge in [-0.2, -0.15) is 0 Å². The van der Waals surface area contributed by atoms with Crippen LogP contribution in [0.5, 0.6) is 5.88 Å². The van der Waals surface area contributed by atoms with Gasteiger partial charge in [-0.1, -0.05) is 30.3 Å². The molecule has 5 aromatic rings. The molecule has 2 aromatic carbocycles. The fraction of sp³-hybridized carbons (Fsp3) is 0.259. The predicted molar refractivity (Wildman–Crippen MR) is 136 cm³/mol. The number of methoxy groups -OCH3 is 1. The van der Waals surface area contributed by atoms with Gasteiger partial charge in [0.15, 0.2) is 0 Å². The Bertz CT molecular complexity index is 1570. The minimum Gasteiger partial charge on any atom is -0.480 e. The van der Waals surface area contributed by atoms with E-state index < -0.39 is 0 Å². The minimum absolute atomic E-state index is 0.00236. The fourth-order valence-corrected chi connectivity index (χ4v) is 4.84. The molecule has 0 radical (unpaired) electrons. The van der Waals surface area contributed by atoms with Crippen molar-refractivity contribution in [1.82, 2.24) is 29.4 Å². The first-order chi connectivity index (χ1) is 17.6. The second kappa shape index (κ2) is 9.09. The number of pyridine rings is 1. The van der Waals surface area contributed by atoms with E-state index in [0.29, 0.717) is 31.5 Å². The van der Waals surface area contributed by atoms with Crippen molar-refractivity contribution in [3.63, 3.8) is 0 Å². The van der Waals surface area contributed by atoms with Crippen molar-refractivity contribution in [1.29, 1.82) is 0 Å². The lowest BCUT2D eigenvalue weighted by molar-refractivity contribution is -0.141. The molecule has 1 fully saturated rings. The van der Waals surface area contributed by atoms with Crippen molar-refractivity contribution in [2.75, 3.05) is 26.9 Å². The summed E-state index contributed by atoms with van der Waals surface area (Å²) in [5.74, 6) is 1.99. The number of benzene rings is 2. The first kappa shape index (κ1) is 22.2. The van der Waals surface area contributed by atoms with Crippen LogP contribution in [0.3, 0.4) is 0 Å². The number of nitrogens with one attached hydrogen (secondary N) is 1. The molecule has 1 unspecified atom stereocenters. The van der Waals surface area contributed by atoms with E-state index in [0.717, 1.165) is 39.0 Å². The average Bonchev–Trinajstić information content (AvgIpc) is 3.52. The van der Waals surface area contributed by atoms with Crippen molar-refractivity contribution >= 4 is 27.8 Å². The highest BCUT2D eigenvalue weighted by Crippen LogP contribution is 2.32. The van der Waals surface area contributed by atoms with Gasteiger partial charge in [0.1, 0.15) is 24.2 Å². The Balaban J connectivity index is 1.30. The summed E-state index contributed by atoms with van der Waals surface area (Å²) in [5.41, 5.74) is 4.27. The van der Waals surface area contributed by atoms with Crippen molar-refractivity contribution < 1.29 is 14.3 Å². The number of carbonyl (C=O) groups is 1. The van der Waals surface area contributed by atoms with Crippen molar-refractivity contribution in [3.8, 4) is 17.1 Å². The second-order valence-corrected chi connectivity index (χ2v) is 8.83. The van der Waals surface area contributed by atoms with Crippen LogP contribution in [0.1, 0.15) is 17.7 Å². The van der Waals surface area contributed by atoms with Gasteiger partial charge in [0.2, 0.25) is 11.8 Å². The molecule has 1 N–H and O–H groups in total. The molecule has 6 rings (SSSR count). The topological polar surface area (TPSA) is 98.2 Å². The van der Waals surface area contributed by atoms with E-state index in [9.17, 15) is 4.79 Å². The number of nitrogens with zero attached hydrogens (tertiary/aromatic N) is 5. The number of rotatable bonds is 5. The number of imidazole rings is 2. The van der Waals surface area contributed by atoms with Gasteiger partial charge in [0.05, 0.1) is 54.3 Å². The van der Waals surface area contributed by atoms with Crippen LogP contribution in [0.15, 0.2) is 60.8 Å². The van der Waals surface area contributed by atoms with Gasteiger partial charge < -0.3 is 23.9 Å². The molecule has 0 bridgehead atoms. The Morgan fingerprint density at radius 2 is 1.94 bits per heavy atom. The number of hydrogen-bond acceptors (Lipinski definition) is 6. The van der Waals surface area contributed by atoms with Gasteiger partial charge in [0, 0.05) is 11.9 Å². The number of ether oxygens (including phenoxy) is 2. The van der Waals surface area contributed by atoms with Crippen LogP contribution < -0.4 is 4.74 Å². The molecule has 9 heteroatoms. The van der Waals surface area contributed by atoms with Crippen molar-refractivity contribution in [3.05, 3.63) is 72.4 Å². The standard InChI is InChI=1S/C27H26N6O3/c1-17-29-21-9-5-6-10-23(21)33(17)15-25(34)32-11-12-36-16-24(32)26-28-14-22(30-26)19-13-18-7-3-4-8-20(18)31-27(19)35-2/h3-10,13-14,24H,11-12,15-16H2,1-2H3,(H,28,30). The summed E-state index contributed by atoms with van der Waals surface area (Å²) in [5, 5.41) is 1.00. The number of H-pyrrole nitrogens is 1. The molecule has 36 heavy (non-hydrogen) atoms. The number of morpholine rings is 1. The molecule has 0 spiro atoms. The van der Waals surface area contributed by atoms with E-state index in [2.05, 4.69) is 19.9 Å². The number of hydrogen-bond donors (Lipinski definition) is 1. The fourth-order valence-electron chi connectivity index (χ4n) is 4.84. The van der Waals surface area contributed by atoms with E-state index in [1.807, 2.05) is 71.0 Å². The number of aryl methyl sites for hydroxylation is 1. The molecule has 1 aliphatic heterocycles. The van der Waals surface area contributed by atoms with Gasteiger partial charge in [-0.3, -0.25) is 4.79 Å². The summed E-state index contributed by atoms with van der Waals surface area (Å²) in [6.07, 6.45) is 1.76. The average molecular weight is 483 g/mol. The minimum atomic E-state index is -0.325. The molecule has 1 atom stereocenters. The van der Waals surface area contributed by atoms with E-state index >= 15 is 0 Å². The molecule has 0 aliphatic carbocycles. The van der Waals surface area contributed by atoms with Crippen molar-refractivity contribution in [2.45, 2.75) is 19.5 Å². The van der Waals surface area contributed by atoms with E-state index in [4.69, 9.17) is 9.47 Å². The Morgan fingerprint density at radius 3 is 2.81 bits per heavy atom. The maximum atomic E-state index is 13.5. The van der Waals surface area contributed by atoms with E-state index in [1.165, 1.54) is 0 Å². The third kappa shape index (κ3) is 3.87. The Labute approximate surface area is 207 Å². The van der Waals surface area contributed by atoms with Gasteiger partial charge in [-0.25, -0.2) is 15.0 Å². The van der Waals surface area contributed by atoms with Gasteiger partial charge in [0.25, 0.3) is 0 Å². The third-order valence-electron chi connectivity index (χ3n) is 6.67. The first-order valence-electron chi connectivity index (χ1n) is 11.9. The predicted octanol–water partition coefficient (Wildman–Crippen LogP) is 3.89. The number of aromatic nitrogens is 5. The molecule has 1 amide bonds. The highest BCUT2D eigenvalue weighted by molar-refractivity contribution is 5.85. The van der Waals surface area contributed by atoms with Gasteiger partial charge >= 0.3 is 0 Å². The Hall–Kier alpha value is -4.24. The summed E-state index contributed by atoms with van der Waals surface area (Å²) in [7, 11) is 1.61. The van der Waals surface area contributed by atoms with Crippen LogP contribution in [0.25, 0.3) is 33.2 Å². The molecular weight excluding hydrogens is 456 g/mol. The van der Waals surface area contributed by atoms with Crippen LogP contribution in [0.4, 0.5) is 0 Å². The highest BCUT2D eigenvalue weighted by Gasteiger charge is 2.31. The van der Waals surface area contributed by atoms with Crippen molar-refractivity contribution in [2.24, 2.45) is 0 Å². The Kier molecular flexibility index (Phi) is 5.61. The van der Waals surface area contributed by atoms with Crippen LogP contribution in [0, 0.1) is 6.92 Å². The molecule has 1 aliphatic rings. The summed E-state index contributed by atoms with van der Waals surface area (Å²) >= 11 is 0. The summed E-state index contributed by atoms with van der Waals surface area (Å²) < 4.78 is 13.3. The SMILES string of the molecule is COc1nc2ccccc2cc1-c1cnc(C2COCCN2C(=O)Cn2c(C)nc3ccccc32)[nH]1.